The maximum Gasteiger partial charge on any atom is 0.302 e. The van der Waals surface area contributed by atoms with Crippen LogP contribution in [0.3, 0.4) is 0 Å². The molecule has 1 heterocycles. The minimum atomic E-state index is -0.369. The Morgan fingerprint density at radius 3 is 2.59 bits per heavy atom. The Bertz CT molecular complexity index is 254. The zero-order valence-electron chi connectivity index (χ0n) is 10.7. The lowest BCUT2D eigenvalue weighted by molar-refractivity contribution is -0.147. The number of esters is 1. The second-order valence-corrected chi connectivity index (χ2v) is 4.32. The van der Waals surface area contributed by atoms with Gasteiger partial charge in [0.25, 0.3) is 0 Å². The van der Waals surface area contributed by atoms with Crippen molar-refractivity contribution < 1.29 is 19.0 Å². The van der Waals surface area contributed by atoms with Crippen molar-refractivity contribution in [2.75, 3.05) is 19.8 Å². The van der Waals surface area contributed by atoms with Crippen molar-refractivity contribution in [1.82, 2.24) is 0 Å². The maximum absolute atomic E-state index is 10.5. The second-order valence-electron chi connectivity index (χ2n) is 4.32. The quantitative estimate of drug-likeness (QED) is 0.391. The zero-order valence-corrected chi connectivity index (χ0v) is 10.7. The van der Waals surface area contributed by atoms with Gasteiger partial charge in [0.05, 0.1) is 19.8 Å². The number of unbranched alkanes of at least 4 members (excludes halogenated alkanes) is 1. The van der Waals surface area contributed by atoms with Crippen LogP contribution in [0.1, 0.15) is 39.5 Å². The molecule has 98 valence electrons. The van der Waals surface area contributed by atoms with Crippen LogP contribution in [0.4, 0.5) is 0 Å². The monoisotopic (exact) mass is 242 g/mol. The van der Waals surface area contributed by atoms with E-state index in [0.717, 1.165) is 25.7 Å². The Morgan fingerprint density at radius 2 is 1.94 bits per heavy atom. The van der Waals surface area contributed by atoms with Gasteiger partial charge in [-0.2, -0.15) is 0 Å². The Hall–Kier alpha value is -0.870. The molecule has 0 aromatic heterocycles. The zero-order chi connectivity index (χ0) is 12.6. The number of allylic oxidation sites excluding steroid dienone is 1. The van der Waals surface area contributed by atoms with Gasteiger partial charge in [0.2, 0.25) is 0 Å². The Labute approximate surface area is 103 Å². The summed E-state index contributed by atoms with van der Waals surface area (Å²) in [7, 11) is 0. The van der Waals surface area contributed by atoms with Crippen LogP contribution in [0.25, 0.3) is 0 Å². The smallest absolute Gasteiger partial charge is 0.302 e. The van der Waals surface area contributed by atoms with Crippen LogP contribution in [0.2, 0.25) is 0 Å². The van der Waals surface area contributed by atoms with Gasteiger partial charge in [0.1, 0.15) is 0 Å². The molecule has 0 aromatic carbocycles. The standard InChI is InChI=1S/C13H22O4/c1-12(14)15-9-7-5-3-4-6-8-13(2)16-10-11-17-13/h3,5H,4,6-11H2,1-2H3/b5-3+. The highest BCUT2D eigenvalue weighted by Crippen LogP contribution is 2.24. The molecule has 0 spiro atoms. The maximum atomic E-state index is 10.5. The highest BCUT2D eigenvalue weighted by atomic mass is 16.7. The van der Waals surface area contributed by atoms with Crippen LogP contribution in [0.15, 0.2) is 12.2 Å². The first kappa shape index (κ1) is 14.2. The van der Waals surface area contributed by atoms with Gasteiger partial charge < -0.3 is 14.2 Å². The summed E-state index contributed by atoms with van der Waals surface area (Å²) in [4.78, 5) is 10.5. The average molecular weight is 242 g/mol. The molecule has 4 heteroatoms. The van der Waals surface area contributed by atoms with Crippen molar-refractivity contribution in [3.8, 4) is 0 Å². The molecule has 1 fully saturated rings. The van der Waals surface area contributed by atoms with E-state index in [1.54, 1.807) is 0 Å². The van der Waals surface area contributed by atoms with E-state index in [1.807, 2.05) is 13.0 Å². The number of hydrogen-bond donors (Lipinski definition) is 0. The van der Waals surface area contributed by atoms with Gasteiger partial charge >= 0.3 is 5.97 Å². The van der Waals surface area contributed by atoms with E-state index in [9.17, 15) is 4.79 Å². The minimum absolute atomic E-state index is 0.221. The molecular formula is C13H22O4. The molecular weight excluding hydrogens is 220 g/mol. The number of carbonyl (C=O) groups excluding carboxylic acids is 1. The first-order valence-corrected chi connectivity index (χ1v) is 6.19. The molecule has 17 heavy (non-hydrogen) atoms. The van der Waals surface area contributed by atoms with Crippen LogP contribution in [-0.4, -0.2) is 31.6 Å². The lowest BCUT2D eigenvalue weighted by atomic mass is 10.1. The largest absolute Gasteiger partial charge is 0.466 e. The molecule has 1 aliphatic heterocycles. The Kier molecular flexibility index (Phi) is 6.22. The second kappa shape index (κ2) is 7.45. The van der Waals surface area contributed by atoms with Gasteiger partial charge in [-0.25, -0.2) is 0 Å². The summed E-state index contributed by atoms with van der Waals surface area (Å²) in [6, 6.07) is 0. The van der Waals surface area contributed by atoms with Gasteiger partial charge in [-0.1, -0.05) is 12.2 Å². The fourth-order valence-electron chi connectivity index (χ4n) is 1.75. The molecule has 0 radical (unpaired) electrons. The highest BCUT2D eigenvalue weighted by Gasteiger charge is 2.29. The van der Waals surface area contributed by atoms with Gasteiger partial charge in [-0.05, 0) is 26.2 Å². The summed E-state index contributed by atoms with van der Waals surface area (Å²) >= 11 is 0. The molecule has 1 rings (SSSR count). The van der Waals surface area contributed by atoms with Crippen LogP contribution in [0, 0.1) is 0 Å². The Balaban J connectivity index is 1.96. The predicted octanol–water partition coefficient (Wildman–Crippen LogP) is 2.43. The molecule has 0 bridgehead atoms. The van der Waals surface area contributed by atoms with Gasteiger partial charge in [0.15, 0.2) is 5.79 Å². The van der Waals surface area contributed by atoms with Crippen molar-refractivity contribution >= 4 is 5.97 Å². The van der Waals surface area contributed by atoms with E-state index in [-0.39, 0.29) is 11.8 Å². The van der Waals surface area contributed by atoms with Crippen molar-refractivity contribution in [3.05, 3.63) is 12.2 Å². The van der Waals surface area contributed by atoms with Gasteiger partial charge in [-0.15, -0.1) is 0 Å². The van der Waals surface area contributed by atoms with Crippen molar-refractivity contribution in [2.24, 2.45) is 0 Å². The number of rotatable bonds is 7. The summed E-state index contributed by atoms with van der Waals surface area (Å²) in [6.45, 7) is 5.29. The van der Waals surface area contributed by atoms with Gasteiger partial charge in [-0.3, -0.25) is 4.79 Å². The molecule has 1 aliphatic rings. The Morgan fingerprint density at radius 1 is 1.29 bits per heavy atom. The normalized spacial score (nSPS) is 18.7. The third kappa shape index (κ3) is 6.44. The van der Waals surface area contributed by atoms with E-state index in [4.69, 9.17) is 14.2 Å². The summed E-state index contributed by atoms with van der Waals surface area (Å²) in [5.74, 6) is -0.590. The van der Waals surface area contributed by atoms with Crippen LogP contribution in [-0.2, 0) is 19.0 Å². The first-order chi connectivity index (χ1) is 8.12. The van der Waals surface area contributed by atoms with Crippen LogP contribution in [0.5, 0.6) is 0 Å². The lowest BCUT2D eigenvalue weighted by Gasteiger charge is -2.21. The summed E-state index contributed by atoms with van der Waals surface area (Å²) in [5.41, 5.74) is 0. The van der Waals surface area contributed by atoms with E-state index < -0.39 is 0 Å². The molecule has 0 saturated carbocycles. The molecule has 0 N–H and O–H groups in total. The summed E-state index contributed by atoms with van der Waals surface area (Å²) < 4.78 is 15.8. The van der Waals surface area contributed by atoms with Gasteiger partial charge in [0, 0.05) is 13.3 Å². The van der Waals surface area contributed by atoms with E-state index in [2.05, 4.69) is 6.08 Å². The van der Waals surface area contributed by atoms with E-state index >= 15 is 0 Å². The number of hydrogen-bond acceptors (Lipinski definition) is 4. The van der Waals surface area contributed by atoms with E-state index in [0.29, 0.717) is 19.8 Å². The van der Waals surface area contributed by atoms with Crippen molar-refractivity contribution in [1.29, 1.82) is 0 Å². The van der Waals surface area contributed by atoms with Crippen molar-refractivity contribution in [3.63, 3.8) is 0 Å². The molecule has 0 atom stereocenters. The number of carbonyl (C=O) groups is 1. The topological polar surface area (TPSA) is 44.8 Å². The third-order valence-corrected chi connectivity index (χ3v) is 2.66. The van der Waals surface area contributed by atoms with E-state index in [1.165, 1.54) is 6.92 Å². The molecule has 4 nitrogen and oxygen atoms in total. The SMILES string of the molecule is CC(=O)OCC/C=C/CCCC1(C)OCCO1. The summed E-state index contributed by atoms with van der Waals surface area (Å²) in [5, 5.41) is 0. The summed E-state index contributed by atoms with van der Waals surface area (Å²) in [6.07, 6.45) is 7.90. The average Bonchev–Trinajstić information content (AvgIpc) is 2.69. The number of ether oxygens (including phenoxy) is 3. The highest BCUT2D eigenvalue weighted by molar-refractivity contribution is 5.65. The minimum Gasteiger partial charge on any atom is -0.466 e. The first-order valence-electron chi connectivity index (χ1n) is 6.19. The molecule has 0 amide bonds. The van der Waals surface area contributed by atoms with Crippen molar-refractivity contribution in [2.45, 2.75) is 45.3 Å². The molecule has 0 aromatic rings. The third-order valence-electron chi connectivity index (χ3n) is 2.66. The molecule has 1 saturated heterocycles. The predicted molar refractivity (Wildman–Crippen MR) is 64.6 cm³/mol. The fraction of sp³-hybridized carbons (Fsp3) is 0.769. The van der Waals surface area contributed by atoms with Crippen LogP contribution >= 0.6 is 0 Å². The molecule has 0 aliphatic carbocycles. The van der Waals surface area contributed by atoms with Crippen LogP contribution < -0.4 is 0 Å². The molecule has 0 unspecified atom stereocenters. The lowest BCUT2D eigenvalue weighted by Crippen LogP contribution is -2.24. The fourth-order valence-corrected chi connectivity index (χ4v) is 1.75.